The number of pyridine rings is 1. The molecule has 0 unspecified atom stereocenters. The van der Waals surface area contributed by atoms with Crippen molar-refractivity contribution in [2.75, 3.05) is 12.1 Å². The molecule has 1 aromatic carbocycles. The van der Waals surface area contributed by atoms with Crippen molar-refractivity contribution in [1.29, 1.82) is 0 Å². The summed E-state index contributed by atoms with van der Waals surface area (Å²) >= 11 is 3.52. The van der Waals surface area contributed by atoms with Crippen LogP contribution in [0.1, 0.15) is 5.56 Å². The fraction of sp³-hybridized carbons (Fsp3) is 0.214. The molecule has 0 saturated carbocycles. The number of aryl methyl sites for hydroxylation is 1. The number of ether oxygens (including phenoxy) is 2. The van der Waals surface area contributed by atoms with E-state index in [1.807, 2.05) is 12.1 Å². The predicted molar refractivity (Wildman–Crippen MR) is 79.3 cm³/mol. The van der Waals surface area contributed by atoms with E-state index in [4.69, 9.17) is 9.47 Å². The van der Waals surface area contributed by atoms with Crippen molar-refractivity contribution in [3.63, 3.8) is 0 Å². The number of nitrogens with zero attached hydrogens (tertiary/aromatic N) is 1. The molecule has 20 heavy (non-hydrogen) atoms. The Kier molecular flexibility index (Phi) is 3.40. The zero-order valence-electron chi connectivity index (χ0n) is 10.9. The van der Waals surface area contributed by atoms with E-state index in [1.54, 1.807) is 19.3 Å². The standard InChI is InChI=1S/C14H13BrN2O3/c1-17-7-10(2-3-14(17)18)16-6-9-4-12-13(5-11(9)15)20-8-19-12/h2-5,7,16H,6,8H2,1H3. The van der Waals surface area contributed by atoms with Crippen molar-refractivity contribution in [3.05, 3.63) is 50.9 Å². The third-order valence-electron chi connectivity index (χ3n) is 3.11. The Hall–Kier alpha value is -1.95. The molecule has 5 nitrogen and oxygen atoms in total. The number of fused-ring (bicyclic) bond motifs is 1. The van der Waals surface area contributed by atoms with Gasteiger partial charge in [0.15, 0.2) is 11.5 Å². The summed E-state index contributed by atoms with van der Waals surface area (Å²) in [4.78, 5) is 11.3. The highest BCUT2D eigenvalue weighted by Gasteiger charge is 2.16. The summed E-state index contributed by atoms with van der Waals surface area (Å²) in [7, 11) is 1.73. The van der Waals surface area contributed by atoms with Crippen molar-refractivity contribution in [3.8, 4) is 11.5 Å². The van der Waals surface area contributed by atoms with Gasteiger partial charge >= 0.3 is 0 Å². The summed E-state index contributed by atoms with van der Waals surface area (Å²) in [6.07, 6.45) is 1.77. The lowest BCUT2D eigenvalue weighted by molar-refractivity contribution is 0.174. The third kappa shape index (κ3) is 2.51. The predicted octanol–water partition coefficient (Wildman–Crippen LogP) is 2.49. The highest BCUT2D eigenvalue weighted by molar-refractivity contribution is 9.10. The van der Waals surface area contributed by atoms with Gasteiger partial charge in [-0.05, 0) is 23.8 Å². The topological polar surface area (TPSA) is 52.5 Å². The van der Waals surface area contributed by atoms with E-state index in [9.17, 15) is 4.79 Å². The Bertz CT molecular complexity index is 712. The van der Waals surface area contributed by atoms with Gasteiger partial charge in [-0.25, -0.2) is 0 Å². The SMILES string of the molecule is Cn1cc(NCc2cc3c(cc2Br)OCO3)ccc1=O. The summed E-state index contributed by atoms with van der Waals surface area (Å²) in [5, 5.41) is 3.27. The van der Waals surface area contributed by atoms with Gasteiger partial charge in [0.1, 0.15) is 0 Å². The van der Waals surface area contributed by atoms with Gasteiger partial charge in [-0.2, -0.15) is 0 Å². The molecule has 0 amide bonds. The van der Waals surface area contributed by atoms with Gasteiger partial charge in [0, 0.05) is 30.3 Å². The average molecular weight is 337 g/mol. The van der Waals surface area contributed by atoms with Crippen molar-refractivity contribution in [1.82, 2.24) is 4.57 Å². The minimum atomic E-state index is -0.0280. The Morgan fingerprint density at radius 3 is 2.80 bits per heavy atom. The van der Waals surface area contributed by atoms with Crippen molar-refractivity contribution in [2.45, 2.75) is 6.54 Å². The molecule has 1 aliphatic heterocycles. The first-order valence-electron chi connectivity index (χ1n) is 6.12. The summed E-state index contributed by atoms with van der Waals surface area (Å²) in [6.45, 7) is 0.884. The second kappa shape index (κ2) is 5.20. The minimum absolute atomic E-state index is 0.0280. The molecule has 0 radical (unpaired) electrons. The molecule has 0 aliphatic carbocycles. The molecule has 0 saturated heterocycles. The summed E-state index contributed by atoms with van der Waals surface area (Å²) < 4.78 is 13.2. The number of aromatic nitrogens is 1. The number of benzene rings is 1. The van der Waals surface area contributed by atoms with Crippen LogP contribution in [0.25, 0.3) is 0 Å². The number of nitrogens with one attached hydrogen (secondary N) is 1. The number of halogens is 1. The summed E-state index contributed by atoms with van der Waals surface area (Å²) in [6, 6.07) is 7.15. The molecule has 0 atom stereocenters. The van der Waals surface area contributed by atoms with Crippen LogP contribution in [0.5, 0.6) is 11.5 Å². The first-order chi connectivity index (χ1) is 9.63. The quantitative estimate of drug-likeness (QED) is 0.935. The first kappa shape index (κ1) is 13.1. The molecule has 1 N–H and O–H groups in total. The van der Waals surface area contributed by atoms with Crippen LogP contribution in [0.4, 0.5) is 5.69 Å². The van der Waals surface area contributed by atoms with E-state index in [0.29, 0.717) is 6.54 Å². The van der Waals surface area contributed by atoms with Crippen molar-refractivity contribution < 1.29 is 9.47 Å². The molecule has 3 rings (SSSR count). The van der Waals surface area contributed by atoms with E-state index in [0.717, 1.165) is 27.2 Å². The fourth-order valence-electron chi connectivity index (χ4n) is 1.99. The van der Waals surface area contributed by atoms with Gasteiger partial charge in [0.25, 0.3) is 0 Å². The van der Waals surface area contributed by atoms with Crippen LogP contribution in [0, 0.1) is 0 Å². The van der Waals surface area contributed by atoms with Crippen LogP contribution in [-0.4, -0.2) is 11.4 Å². The number of hydrogen-bond acceptors (Lipinski definition) is 4. The lowest BCUT2D eigenvalue weighted by atomic mass is 10.2. The highest BCUT2D eigenvalue weighted by Crippen LogP contribution is 2.37. The zero-order chi connectivity index (χ0) is 14.1. The van der Waals surface area contributed by atoms with Gasteiger partial charge < -0.3 is 19.4 Å². The van der Waals surface area contributed by atoms with Crippen LogP contribution >= 0.6 is 15.9 Å². The van der Waals surface area contributed by atoms with E-state index in [1.165, 1.54) is 10.6 Å². The summed E-state index contributed by atoms with van der Waals surface area (Å²) in [5.74, 6) is 1.51. The molecule has 0 spiro atoms. The number of rotatable bonds is 3. The van der Waals surface area contributed by atoms with E-state index in [-0.39, 0.29) is 12.4 Å². The lowest BCUT2D eigenvalue weighted by Crippen LogP contribution is -2.15. The maximum atomic E-state index is 11.3. The molecule has 0 fully saturated rings. The van der Waals surface area contributed by atoms with Crippen LogP contribution in [0.3, 0.4) is 0 Å². The van der Waals surface area contributed by atoms with E-state index >= 15 is 0 Å². The molecule has 0 bridgehead atoms. The molecule has 1 aliphatic rings. The van der Waals surface area contributed by atoms with Crippen LogP contribution in [0.15, 0.2) is 39.7 Å². The van der Waals surface area contributed by atoms with Gasteiger partial charge in [-0.3, -0.25) is 4.79 Å². The van der Waals surface area contributed by atoms with E-state index in [2.05, 4.69) is 21.2 Å². The largest absolute Gasteiger partial charge is 0.454 e. The van der Waals surface area contributed by atoms with Gasteiger partial charge in [-0.1, -0.05) is 15.9 Å². The Balaban J connectivity index is 1.78. The zero-order valence-corrected chi connectivity index (χ0v) is 12.4. The first-order valence-corrected chi connectivity index (χ1v) is 6.91. The van der Waals surface area contributed by atoms with Gasteiger partial charge in [0.05, 0.1) is 5.69 Å². The average Bonchev–Trinajstić information content (AvgIpc) is 2.87. The second-order valence-electron chi connectivity index (χ2n) is 4.52. The monoisotopic (exact) mass is 336 g/mol. The lowest BCUT2D eigenvalue weighted by Gasteiger charge is -2.10. The van der Waals surface area contributed by atoms with Crippen LogP contribution in [-0.2, 0) is 13.6 Å². The molecule has 104 valence electrons. The van der Waals surface area contributed by atoms with Crippen LogP contribution in [0.2, 0.25) is 0 Å². The van der Waals surface area contributed by atoms with Gasteiger partial charge in [-0.15, -0.1) is 0 Å². The minimum Gasteiger partial charge on any atom is -0.454 e. The molecule has 6 heteroatoms. The molecular weight excluding hydrogens is 324 g/mol. The second-order valence-corrected chi connectivity index (χ2v) is 5.37. The van der Waals surface area contributed by atoms with Gasteiger partial charge in [0.2, 0.25) is 12.4 Å². The molecule has 2 heterocycles. The van der Waals surface area contributed by atoms with Crippen molar-refractivity contribution >= 4 is 21.6 Å². The molecule has 2 aromatic rings. The normalized spacial score (nSPS) is 12.5. The number of anilines is 1. The molecular formula is C14H13BrN2O3. The fourth-order valence-corrected chi connectivity index (χ4v) is 2.45. The smallest absolute Gasteiger partial charge is 0.250 e. The van der Waals surface area contributed by atoms with E-state index < -0.39 is 0 Å². The molecule has 1 aromatic heterocycles. The Labute approximate surface area is 124 Å². The van der Waals surface area contributed by atoms with Crippen LogP contribution < -0.4 is 20.3 Å². The highest BCUT2D eigenvalue weighted by atomic mass is 79.9. The Morgan fingerprint density at radius 1 is 1.30 bits per heavy atom. The Morgan fingerprint density at radius 2 is 2.05 bits per heavy atom. The van der Waals surface area contributed by atoms with Crippen molar-refractivity contribution in [2.24, 2.45) is 7.05 Å². The maximum Gasteiger partial charge on any atom is 0.250 e. The third-order valence-corrected chi connectivity index (χ3v) is 3.85. The number of hydrogen-bond donors (Lipinski definition) is 1. The maximum absolute atomic E-state index is 11.3. The summed E-state index contributed by atoms with van der Waals surface area (Å²) in [5.41, 5.74) is 1.92.